The van der Waals surface area contributed by atoms with E-state index in [9.17, 15) is 4.79 Å². The minimum Gasteiger partial charge on any atom is -0.361 e. The molecule has 1 amide bonds. The van der Waals surface area contributed by atoms with Crippen molar-refractivity contribution < 1.29 is 9.32 Å². The molecule has 0 unspecified atom stereocenters. The Bertz CT molecular complexity index is 1160. The number of rotatable bonds is 3. The van der Waals surface area contributed by atoms with Crippen LogP contribution in [0.1, 0.15) is 34.7 Å². The number of fused-ring (bicyclic) bond motifs is 2. The molecule has 0 aliphatic carbocycles. The van der Waals surface area contributed by atoms with Gasteiger partial charge in [0.05, 0.1) is 17.1 Å². The number of benzene rings is 1. The molecule has 166 valence electrons. The van der Waals surface area contributed by atoms with Gasteiger partial charge in [-0.25, -0.2) is 4.98 Å². The number of anilines is 4. The number of hydrogen-bond acceptors (Lipinski definition) is 8. The molecule has 0 atom stereocenters. The van der Waals surface area contributed by atoms with E-state index < -0.39 is 0 Å². The smallest absolute Gasteiger partial charge is 0.261 e. The van der Waals surface area contributed by atoms with Crippen molar-refractivity contribution in [3.8, 4) is 11.1 Å². The fraction of sp³-hybridized carbons (Fsp3) is 0.391. The second kappa shape index (κ2) is 7.90. The lowest BCUT2D eigenvalue weighted by Crippen LogP contribution is -2.42. The lowest BCUT2D eigenvalue weighted by Gasteiger charge is -2.35. The van der Waals surface area contributed by atoms with Crippen LogP contribution in [-0.2, 0) is 0 Å². The lowest BCUT2D eigenvalue weighted by atomic mass is 10.0. The topological polar surface area (TPSA) is 99.4 Å². The summed E-state index contributed by atoms with van der Waals surface area (Å²) in [6, 6.07) is 6.24. The molecule has 2 N–H and O–H groups in total. The van der Waals surface area contributed by atoms with Gasteiger partial charge in [-0.1, -0.05) is 11.2 Å². The van der Waals surface area contributed by atoms with Crippen molar-refractivity contribution in [2.75, 3.05) is 42.7 Å². The molecule has 1 saturated heterocycles. The second-order valence-corrected chi connectivity index (χ2v) is 8.62. The maximum absolute atomic E-state index is 12.9. The van der Waals surface area contributed by atoms with E-state index in [1.54, 1.807) is 6.20 Å². The maximum atomic E-state index is 12.9. The Hall–Kier alpha value is -3.46. The van der Waals surface area contributed by atoms with E-state index in [1.807, 2.05) is 39.1 Å². The molecule has 2 aliphatic heterocycles. The van der Waals surface area contributed by atoms with Gasteiger partial charge in [-0.15, -0.1) is 0 Å². The minimum absolute atomic E-state index is 0.240. The lowest BCUT2D eigenvalue weighted by molar-refractivity contribution is 0.102. The Morgan fingerprint density at radius 2 is 1.94 bits per heavy atom. The molecule has 1 fully saturated rings. The average Bonchev–Trinajstić information content (AvgIpc) is 3.05. The molecule has 32 heavy (non-hydrogen) atoms. The first kappa shape index (κ1) is 20.4. The summed E-state index contributed by atoms with van der Waals surface area (Å²) in [7, 11) is 4.17. The van der Waals surface area contributed by atoms with Gasteiger partial charge >= 0.3 is 0 Å². The number of carbonyl (C=O) groups is 1. The normalized spacial score (nSPS) is 16.6. The molecule has 4 heterocycles. The minimum atomic E-state index is -0.240. The van der Waals surface area contributed by atoms with Gasteiger partial charge < -0.3 is 25.0 Å². The SMILES string of the molecule is Cc1noc(C)c1-c1ccc2c(c1)NC(=O)c1cnc(N(C)C3CCN(C)CC3)nc1N2. The van der Waals surface area contributed by atoms with Gasteiger partial charge in [0.25, 0.3) is 5.91 Å². The summed E-state index contributed by atoms with van der Waals surface area (Å²) < 4.78 is 5.30. The summed E-state index contributed by atoms with van der Waals surface area (Å²) >= 11 is 0. The molecule has 0 spiro atoms. The summed E-state index contributed by atoms with van der Waals surface area (Å²) in [5.74, 6) is 1.63. The molecular formula is C23H27N7O2. The zero-order valence-electron chi connectivity index (χ0n) is 18.8. The van der Waals surface area contributed by atoms with Crippen LogP contribution in [0.3, 0.4) is 0 Å². The van der Waals surface area contributed by atoms with Gasteiger partial charge in [-0.05, 0) is 64.5 Å². The average molecular weight is 434 g/mol. The predicted octanol–water partition coefficient (Wildman–Crippen LogP) is 3.59. The monoisotopic (exact) mass is 433 g/mol. The first-order valence-electron chi connectivity index (χ1n) is 10.8. The van der Waals surface area contributed by atoms with Crippen LogP contribution in [0.25, 0.3) is 11.1 Å². The predicted molar refractivity (Wildman–Crippen MR) is 124 cm³/mol. The van der Waals surface area contributed by atoms with Crippen molar-refractivity contribution in [2.24, 2.45) is 0 Å². The Morgan fingerprint density at radius 3 is 2.66 bits per heavy atom. The number of hydrogen-bond donors (Lipinski definition) is 2. The molecule has 3 aromatic rings. The van der Waals surface area contributed by atoms with Crippen molar-refractivity contribution in [1.82, 2.24) is 20.0 Å². The molecular weight excluding hydrogens is 406 g/mol. The van der Waals surface area contributed by atoms with Crippen molar-refractivity contribution in [1.29, 1.82) is 0 Å². The summed E-state index contributed by atoms with van der Waals surface area (Å²) in [5, 5.41) is 10.4. The third kappa shape index (κ3) is 3.58. The maximum Gasteiger partial charge on any atom is 0.261 e. The molecule has 0 saturated carbocycles. The van der Waals surface area contributed by atoms with Gasteiger partial charge in [0.1, 0.15) is 17.1 Å². The van der Waals surface area contributed by atoms with Crippen LogP contribution >= 0.6 is 0 Å². The van der Waals surface area contributed by atoms with Crippen LogP contribution in [0.2, 0.25) is 0 Å². The van der Waals surface area contributed by atoms with Gasteiger partial charge in [0.15, 0.2) is 0 Å². The number of piperidine rings is 1. The number of likely N-dealkylation sites (tertiary alicyclic amines) is 1. The first-order chi connectivity index (χ1) is 15.4. The molecule has 1 aromatic carbocycles. The fourth-order valence-electron chi connectivity index (χ4n) is 4.47. The van der Waals surface area contributed by atoms with E-state index in [4.69, 9.17) is 9.51 Å². The molecule has 0 radical (unpaired) electrons. The van der Waals surface area contributed by atoms with Crippen LogP contribution in [-0.4, -0.2) is 59.2 Å². The number of nitrogens with one attached hydrogen (secondary N) is 2. The van der Waals surface area contributed by atoms with E-state index >= 15 is 0 Å². The first-order valence-corrected chi connectivity index (χ1v) is 10.8. The number of amides is 1. The van der Waals surface area contributed by atoms with Gasteiger partial charge in [-0.3, -0.25) is 4.79 Å². The fourth-order valence-corrected chi connectivity index (χ4v) is 4.47. The zero-order chi connectivity index (χ0) is 22.4. The van der Waals surface area contributed by atoms with E-state index in [0.29, 0.717) is 29.1 Å². The molecule has 2 aromatic heterocycles. The second-order valence-electron chi connectivity index (χ2n) is 8.62. The van der Waals surface area contributed by atoms with Gasteiger partial charge in [0.2, 0.25) is 5.95 Å². The van der Waals surface area contributed by atoms with E-state index in [-0.39, 0.29) is 5.91 Å². The highest BCUT2D eigenvalue weighted by Gasteiger charge is 2.26. The Morgan fingerprint density at radius 1 is 1.16 bits per heavy atom. The Balaban J connectivity index is 1.46. The van der Waals surface area contributed by atoms with Crippen molar-refractivity contribution in [3.05, 3.63) is 41.4 Å². The van der Waals surface area contributed by atoms with Gasteiger partial charge in [0, 0.05) is 24.8 Å². The van der Waals surface area contributed by atoms with Crippen molar-refractivity contribution in [3.63, 3.8) is 0 Å². The number of aryl methyl sites for hydroxylation is 2. The third-order valence-electron chi connectivity index (χ3n) is 6.41. The summed E-state index contributed by atoms with van der Waals surface area (Å²) in [4.78, 5) is 26.6. The molecule has 9 nitrogen and oxygen atoms in total. The Kier molecular flexibility index (Phi) is 5.05. The van der Waals surface area contributed by atoms with E-state index in [2.05, 4.69) is 37.6 Å². The van der Waals surface area contributed by atoms with Gasteiger partial charge in [-0.2, -0.15) is 4.98 Å². The van der Waals surface area contributed by atoms with Crippen LogP contribution in [0.4, 0.5) is 23.1 Å². The highest BCUT2D eigenvalue weighted by Crippen LogP contribution is 2.36. The van der Waals surface area contributed by atoms with Crippen LogP contribution < -0.4 is 15.5 Å². The summed E-state index contributed by atoms with van der Waals surface area (Å²) in [5.41, 5.74) is 4.55. The third-order valence-corrected chi connectivity index (χ3v) is 6.41. The van der Waals surface area contributed by atoms with E-state index in [0.717, 1.165) is 54.2 Å². The number of carbonyl (C=O) groups excluding carboxylic acids is 1. The van der Waals surface area contributed by atoms with Crippen LogP contribution in [0, 0.1) is 13.8 Å². The Labute approximate surface area is 186 Å². The molecule has 9 heteroatoms. The number of aromatic nitrogens is 3. The quantitative estimate of drug-likeness (QED) is 0.647. The standard InChI is InChI=1S/C23H27N7O2/c1-13-20(14(2)32-28-13)15-5-6-18-19(11-15)26-22(31)17-12-24-23(27-21(17)25-18)30(4)16-7-9-29(3)10-8-16/h5-6,11-12,16H,7-10H2,1-4H3,(H,26,31)(H,24,25,27). The van der Waals surface area contributed by atoms with Crippen LogP contribution in [0.5, 0.6) is 0 Å². The highest BCUT2D eigenvalue weighted by atomic mass is 16.5. The molecule has 5 rings (SSSR count). The van der Waals surface area contributed by atoms with Crippen molar-refractivity contribution >= 4 is 29.0 Å². The summed E-state index contributed by atoms with van der Waals surface area (Å²) in [6.45, 7) is 5.90. The largest absolute Gasteiger partial charge is 0.361 e. The molecule has 2 aliphatic rings. The van der Waals surface area contributed by atoms with Crippen LogP contribution in [0.15, 0.2) is 28.9 Å². The highest BCUT2D eigenvalue weighted by molar-refractivity contribution is 6.11. The van der Waals surface area contributed by atoms with Crippen molar-refractivity contribution in [2.45, 2.75) is 32.7 Å². The molecule has 0 bridgehead atoms. The summed E-state index contributed by atoms with van der Waals surface area (Å²) in [6.07, 6.45) is 3.73. The zero-order valence-corrected chi connectivity index (χ0v) is 18.8. The van der Waals surface area contributed by atoms with E-state index in [1.165, 1.54) is 0 Å². The number of nitrogens with zero attached hydrogens (tertiary/aromatic N) is 5.